The average molecular weight is 566 g/mol. The van der Waals surface area contributed by atoms with Gasteiger partial charge in [0.1, 0.15) is 0 Å². The average Bonchev–Trinajstić information content (AvgIpc) is 3.49. The summed E-state index contributed by atoms with van der Waals surface area (Å²) in [5, 5.41) is 4.96. The van der Waals surface area contributed by atoms with Gasteiger partial charge in [0, 0.05) is 11.3 Å². The van der Waals surface area contributed by atoms with E-state index < -0.39 is 0 Å². The molecule has 1 aromatic heterocycles. The van der Waals surface area contributed by atoms with Gasteiger partial charge in [0.2, 0.25) is 5.51 Å². The first-order valence-corrected chi connectivity index (χ1v) is 16.3. The van der Waals surface area contributed by atoms with Crippen LogP contribution in [0.5, 0.6) is 11.5 Å². The zero-order valence-corrected chi connectivity index (χ0v) is 25.3. The first-order chi connectivity index (χ1) is 19.7. The second-order valence-electron chi connectivity index (χ2n) is 10.6. The van der Waals surface area contributed by atoms with Crippen molar-refractivity contribution in [1.82, 2.24) is 0 Å². The van der Waals surface area contributed by atoms with Crippen molar-refractivity contribution in [2.24, 2.45) is 0 Å². The summed E-state index contributed by atoms with van der Waals surface area (Å²) in [6, 6.07) is 15.5. The number of amides is 1. The third-order valence-electron chi connectivity index (χ3n) is 7.09. The molecule has 1 amide bonds. The van der Waals surface area contributed by atoms with Gasteiger partial charge < -0.3 is 14.8 Å². The van der Waals surface area contributed by atoms with E-state index in [4.69, 9.17) is 9.47 Å². The Kier molecular flexibility index (Phi) is 15.9. The SMILES string of the molecule is CCCCCCCCCCCCCCCCOc1ccccc1OCC(=O)Nc1ccc(C[n+]2ccsc2)cc1. The van der Waals surface area contributed by atoms with E-state index in [1.54, 1.807) is 11.3 Å². The molecule has 6 heteroatoms. The largest absolute Gasteiger partial charge is 0.490 e. The number of carbonyl (C=O) groups is 1. The van der Waals surface area contributed by atoms with E-state index in [-0.39, 0.29) is 12.5 Å². The highest BCUT2D eigenvalue weighted by molar-refractivity contribution is 7.07. The van der Waals surface area contributed by atoms with E-state index in [0.717, 1.165) is 18.7 Å². The zero-order chi connectivity index (χ0) is 28.1. The number of ether oxygens (including phenoxy) is 2. The lowest BCUT2D eigenvalue weighted by Gasteiger charge is -2.13. The Labute approximate surface area is 245 Å². The molecule has 0 unspecified atom stereocenters. The molecule has 0 atom stereocenters. The van der Waals surface area contributed by atoms with Crippen molar-refractivity contribution in [3.8, 4) is 11.5 Å². The Morgan fingerprint density at radius 2 is 1.32 bits per heavy atom. The molecule has 3 rings (SSSR count). The molecule has 3 aromatic rings. The van der Waals surface area contributed by atoms with Gasteiger partial charge >= 0.3 is 0 Å². The molecule has 0 bridgehead atoms. The molecular formula is C34H49N2O3S+. The summed E-state index contributed by atoms with van der Waals surface area (Å²) in [5.41, 5.74) is 4.02. The van der Waals surface area contributed by atoms with Crippen LogP contribution in [-0.4, -0.2) is 19.1 Å². The summed E-state index contributed by atoms with van der Waals surface area (Å²) in [5.74, 6) is 1.10. The number of unbranched alkanes of at least 4 members (excludes halogenated alkanes) is 13. The van der Waals surface area contributed by atoms with Gasteiger partial charge in [-0.2, -0.15) is 4.57 Å². The number of thiazole rings is 1. The summed E-state index contributed by atoms with van der Waals surface area (Å²) >= 11 is 1.67. The van der Waals surface area contributed by atoms with Crippen molar-refractivity contribution < 1.29 is 18.8 Å². The predicted octanol–water partition coefficient (Wildman–Crippen LogP) is 8.96. The number of nitrogens with zero attached hydrogens (tertiary/aromatic N) is 1. The number of nitrogens with one attached hydrogen (secondary N) is 1. The molecule has 218 valence electrons. The number of anilines is 1. The fourth-order valence-electron chi connectivity index (χ4n) is 4.76. The van der Waals surface area contributed by atoms with Crippen molar-refractivity contribution in [2.75, 3.05) is 18.5 Å². The second-order valence-corrected chi connectivity index (χ2v) is 11.4. The van der Waals surface area contributed by atoms with Crippen LogP contribution in [0.1, 0.15) is 102 Å². The van der Waals surface area contributed by atoms with E-state index in [1.807, 2.05) is 48.5 Å². The van der Waals surface area contributed by atoms with E-state index >= 15 is 0 Å². The lowest BCUT2D eigenvalue weighted by molar-refractivity contribution is -0.683. The Morgan fingerprint density at radius 3 is 1.90 bits per heavy atom. The van der Waals surface area contributed by atoms with Gasteiger partial charge in [0.05, 0.1) is 12.0 Å². The first kappa shape index (κ1) is 31.7. The summed E-state index contributed by atoms with van der Waals surface area (Å²) in [6.45, 7) is 3.70. The third kappa shape index (κ3) is 13.5. The van der Waals surface area contributed by atoms with E-state index in [0.29, 0.717) is 18.1 Å². The summed E-state index contributed by atoms with van der Waals surface area (Å²) in [4.78, 5) is 12.5. The maximum atomic E-state index is 12.5. The van der Waals surface area contributed by atoms with E-state index in [1.165, 1.54) is 89.0 Å². The highest BCUT2D eigenvalue weighted by atomic mass is 32.1. The van der Waals surface area contributed by atoms with Gasteiger partial charge in [-0.3, -0.25) is 4.79 Å². The molecule has 0 radical (unpaired) electrons. The van der Waals surface area contributed by atoms with Crippen LogP contribution >= 0.6 is 11.3 Å². The van der Waals surface area contributed by atoms with Crippen LogP contribution in [-0.2, 0) is 11.3 Å². The third-order valence-corrected chi connectivity index (χ3v) is 7.76. The number of carbonyl (C=O) groups excluding carboxylic acids is 1. The maximum absolute atomic E-state index is 12.5. The van der Waals surface area contributed by atoms with Crippen LogP contribution in [0.25, 0.3) is 0 Å². The minimum Gasteiger partial charge on any atom is -0.490 e. The smallest absolute Gasteiger partial charge is 0.262 e. The Morgan fingerprint density at radius 1 is 0.750 bits per heavy atom. The first-order valence-electron chi connectivity index (χ1n) is 15.4. The quantitative estimate of drug-likeness (QED) is 0.0977. The van der Waals surface area contributed by atoms with Gasteiger partial charge in [-0.05, 0) is 30.7 Å². The molecular weight excluding hydrogens is 516 g/mol. The number of para-hydroxylation sites is 2. The maximum Gasteiger partial charge on any atom is 0.262 e. The van der Waals surface area contributed by atoms with Crippen LogP contribution in [0.3, 0.4) is 0 Å². The molecule has 40 heavy (non-hydrogen) atoms. The van der Waals surface area contributed by atoms with E-state index in [9.17, 15) is 4.79 Å². The topological polar surface area (TPSA) is 51.4 Å². The monoisotopic (exact) mass is 565 g/mol. The van der Waals surface area contributed by atoms with Crippen molar-refractivity contribution >= 4 is 22.9 Å². The van der Waals surface area contributed by atoms with Gasteiger partial charge in [-0.1, -0.05) is 126 Å². The fourth-order valence-corrected chi connectivity index (χ4v) is 5.36. The fraction of sp³-hybridized carbons (Fsp3) is 0.529. The lowest BCUT2D eigenvalue weighted by atomic mass is 10.0. The molecule has 0 spiro atoms. The molecule has 2 aromatic carbocycles. The zero-order valence-electron chi connectivity index (χ0n) is 24.5. The molecule has 0 aliphatic carbocycles. The van der Waals surface area contributed by atoms with Crippen molar-refractivity contribution in [2.45, 2.75) is 103 Å². The Hall–Kier alpha value is -2.86. The van der Waals surface area contributed by atoms with Gasteiger partial charge in [-0.15, -0.1) is 0 Å². The molecule has 5 nitrogen and oxygen atoms in total. The predicted molar refractivity (Wildman–Crippen MR) is 166 cm³/mol. The molecule has 0 saturated heterocycles. The van der Waals surface area contributed by atoms with Gasteiger partial charge in [-0.25, -0.2) is 0 Å². The summed E-state index contributed by atoms with van der Waals surface area (Å²) in [6.07, 6.45) is 20.8. The second kappa shape index (κ2) is 20.1. The minimum atomic E-state index is -0.193. The molecule has 1 heterocycles. The van der Waals surface area contributed by atoms with Gasteiger partial charge in [0.15, 0.2) is 30.8 Å². The standard InChI is InChI=1S/C34H48N2O3S/c1-2-3-4-5-6-7-8-9-10-11-12-13-14-17-25-38-32-18-15-16-19-33(32)39-28-34(37)35-31-22-20-30(21-23-31)27-36-24-26-40-29-36/h15-16,18-24,26,29H,2-14,17,25,27-28H2,1H3/p+1. The van der Waals surface area contributed by atoms with Gasteiger partial charge in [0.25, 0.3) is 5.91 Å². The van der Waals surface area contributed by atoms with Crippen molar-refractivity contribution in [3.63, 3.8) is 0 Å². The van der Waals surface area contributed by atoms with Crippen LogP contribution in [0, 0.1) is 0 Å². The number of aromatic nitrogens is 1. The molecule has 0 fully saturated rings. The molecule has 0 aliphatic rings. The van der Waals surface area contributed by atoms with Crippen LogP contribution in [0.4, 0.5) is 5.69 Å². The number of hydrogen-bond acceptors (Lipinski definition) is 4. The molecule has 0 saturated carbocycles. The van der Waals surface area contributed by atoms with Crippen molar-refractivity contribution in [1.29, 1.82) is 0 Å². The number of benzene rings is 2. The highest BCUT2D eigenvalue weighted by Gasteiger charge is 2.09. The van der Waals surface area contributed by atoms with E-state index in [2.05, 4.69) is 33.9 Å². The minimum absolute atomic E-state index is 0.0638. The Balaban J connectivity index is 1.23. The molecule has 0 aliphatic heterocycles. The summed E-state index contributed by atoms with van der Waals surface area (Å²) in [7, 11) is 0. The number of rotatable bonds is 22. The highest BCUT2D eigenvalue weighted by Crippen LogP contribution is 2.27. The normalized spacial score (nSPS) is 10.9. The van der Waals surface area contributed by atoms with Crippen LogP contribution in [0.15, 0.2) is 65.6 Å². The lowest BCUT2D eigenvalue weighted by Crippen LogP contribution is -2.30. The van der Waals surface area contributed by atoms with Crippen LogP contribution < -0.4 is 19.4 Å². The number of hydrogen-bond donors (Lipinski definition) is 1. The molecule has 1 N–H and O–H groups in total. The summed E-state index contributed by atoms with van der Waals surface area (Å²) < 4.78 is 13.9. The Bertz CT molecular complexity index is 1050. The van der Waals surface area contributed by atoms with Crippen LogP contribution in [0.2, 0.25) is 0 Å². The van der Waals surface area contributed by atoms with Crippen molar-refractivity contribution in [3.05, 3.63) is 71.2 Å².